The molecular formula is C20H24Cl2NO2+. The number of ether oxygens (including phenoxy) is 1. The lowest BCUT2D eigenvalue weighted by Gasteiger charge is -2.38. The van der Waals surface area contributed by atoms with Crippen LogP contribution in [0.3, 0.4) is 0 Å². The minimum atomic E-state index is -1.11. The summed E-state index contributed by atoms with van der Waals surface area (Å²) in [5.74, 6) is 0. The second-order valence-electron chi connectivity index (χ2n) is 6.97. The first-order valence-electron chi connectivity index (χ1n) is 8.60. The highest BCUT2D eigenvalue weighted by atomic mass is 35.5. The predicted molar refractivity (Wildman–Crippen MR) is 101 cm³/mol. The Morgan fingerprint density at radius 3 is 1.72 bits per heavy atom. The molecule has 2 N–H and O–H groups in total. The number of benzene rings is 2. The van der Waals surface area contributed by atoms with E-state index in [1.807, 2.05) is 48.5 Å². The molecule has 1 heterocycles. The summed E-state index contributed by atoms with van der Waals surface area (Å²) in [4.78, 5) is 1.32. The Hall–Kier alpha value is -1.10. The molecule has 1 saturated heterocycles. The summed E-state index contributed by atoms with van der Waals surface area (Å²) < 4.78 is 5.84. The van der Waals surface area contributed by atoms with Crippen molar-refractivity contribution < 1.29 is 14.7 Å². The lowest BCUT2D eigenvalue weighted by atomic mass is 9.85. The van der Waals surface area contributed by atoms with Gasteiger partial charge in [0.25, 0.3) is 0 Å². The van der Waals surface area contributed by atoms with Gasteiger partial charge in [0.05, 0.1) is 0 Å². The summed E-state index contributed by atoms with van der Waals surface area (Å²) in [6, 6.07) is 14.8. The zero-order valence-electron chi connectivity index (χ0n) is 14.5. The van der Waals surface area contributed by atoms with E-state index >= 15 is 0 Å². The Bertz CT molecular complexity index is 647. The van der Waals surface area contributed by atoms with Gasteiger partial charge in [-0.05, 0) is 49.2 Å². The molecule has 5 heteroatoms. The van der Waals surface area contributed by atoms with Crippen LogP contribution < -0.4 is 4.90 Å². The maximum Gasteiger partial charge on any atom is 0.163 e. The molecule has 2 aromatic carbocycles. The number of aliphatic hydroxyl groups is 1. The standard InChI is InChI=1S/C20H23Cl2NO2/c1-14-11-23(12-15(2)25-14)13-20(24,16-3-7-18(21)8-4-16)17-5-9-19(22)10-6-17/h3-10,14-15,24H,11-13H2,1-2H3/p+1/t14-,15-/m0/s1. The van der Waals surface area contributed by atoms with Crippen LogP contribution in [0.15, 0.2) is 48.5 Å². The third-order valence-electron chi connectivity index (χ3n) is 4.77. The summed E-state index contributed by atoms with van der Waals surface area (Å²) in [6.45, 7) is 6.47. The van der Waals surface area contributed by atoms with Crippen LogP contribution in [0.25, 0.3) is 0 Å². The minimum absolute atomic E-state index is 0.179. The minimum Gasteiger partial charge on any atom is -0.375 e. The molecule has 0 aliphatic carbocycles. The fourth-order valence-corrected chi connectivity index (χ4v) is 3.97. The fourth-order valence-electron chi connectivity index (χ4n) is 3.72. The molecule has 0 aromatic heterocycles. The van der Waals surface area contributed by atoms with E-state index in [9.17, 15) is 5.11 Å². The second kappa shape index (κ2) is 7.65. The molecule has 2 aromatic rings. The van der Waals surface area contributed by atoms with Crippen molar-refractivity contribution in [1.29, 1.82) is 0 Å². The van der Waals surface area contributed by atoms with Gasteiger partial charge in [0.15, 0.2) is 5.60 Å². The monoisotopic (exact) mass is 380 g/mol. The van der Waals surface area contributed by atoms with Crippen LogP contribution in [0.4, 0.5) is 0 Å². The highest BCUT2D eigenvalue weighted by Crippen LogP contribution is 2.30. The van der Waals surface area contributed by atoms with E-state index in [0.29, 0.717) is 16.6 Å². The van der Waals surface area contributed by atoms with Gasteiger partial charge in [-0.15, -0.1) is 0 Å². The predicted octanol–water partition coefficient (Wildman–Crippen LogP) is 2.92. The lowest BCUT2D eigenvalue weighted by Crippen LogP contribution is -3.17. The largest absolute Gasteiger partial charge is 0.375 e. The molecule has 0 saturated carbocycles. The summed E-state index contributed by atoms with van der Waals surface area (Å²) >= 11 is 12.1. The van der Waals surface area contributed by atoms with Gasteiger partial charge in [-0.2, -0.15) is 0 Å². The van der Waals surface area contributed by atoms with E-state index in [4.69, 9.17) is 27.9 Å². The number of rotatable bonds is 4. The van der Waals surface area contributed by atoms with Gasteiger partial charge < -0.3 is 14.7 Å². The average molecular weight is 381 g/mol. The highest BCUT2D eigenvalue weighted by Gasteiger charge is 2.39. The summed E-state index contributed by atoms with van der Waals surface area (Å²) in [6.07, 6.45) is 0.358. The molecule has 0 unspecified atom stereocenters. The molecule has 0 amide bonds. The second-order valence-corrected chi connectivity index (χ2v) is 7.84. The van der Waals surface area contributed by atoms with Crippen molar-refractivity contribution >= 4 is 23.2 Å². The summed E-state index contributed by atoms with van der Waals surface area (Å²) in [5.41, 5.74) is 0.554. The van der Waals surface area contributed by atoms with E-state index in [1.165, 1.54) is 4.90 Å². The average Bonchev–Trinajstić information content (AvgIpc) is 2.55. The number of quaternary nitrogens is 1. The number of halogens is 2. The van der Waals surface area contributed by atoms with Crippen LogP contribution in [0, 0.1) is 0 Å². The third kappa shape index (κ3) is 4.36. The van der Waals surface area contributed by atoms with Crippen LogP contribution in [0.1, 0.15) is 25.0 Å². The zero-order chi connectivity index (χ0) is 18.0. The molecule has 1 aliphatic rings. The lowest BCUT2D eigenvalue weighted by molar-refractivity contribution is -0.921. The first-order chi connectivity index (χ1) is 11.9. The number of morpholine rings is 1. The first kappa shape index (κ1) is 18.7. The quantitative estimate of drug-likeness (QED) is 0.854. The highest BCUT2D eigenvalue weighted by molar-refractivity contribution is 6.30. The molecule has 3 rings (SSSR count). The smallest absolute Gasteiger partial charge is 0.163 e. The van der Waals surface area contributed by atoms with Gasteiger partial charge in [-0.3, -0.25) is 0 Å². The number of nitrogens with one attached hydrogen (secondary N) is 1. The Labute approximate surface area is 159 Å². The SMILES string of the molecule is C[C@H]1C[NH+](CC(O)(c2ccc(Cl)cc2)c2ccc(Cl)cc2)C[C@H](C)O1. The van der Waals surface area contributed by atoms with Crippen molar-refractivity contribution in [1.82, 2.24) is 0 Å². The first-order valence-corrected chi connectivity index (χ1v) is 9.36. The summed E-state index contributed by atoms with van der Waals surface area (Å²) in [7, 11) is 0. The molecule has 0 spiro atoms. The van der Waals surface area contributed by atoms with Gasteiger partial charge in [0.2, 0.25) is 0 Å². The Morgan fingerprint density at radius 1 is 0.920 bits per heavy atom. The Kier molecular flexibility index (Phi) is 5.71. The van der Waals surface area contributed by atoms with E-state index in [-0.39, 0.29) is 12.2 Å². The van der Waals surface area contributed by atoms with E-state index in [1.54, 1.807) is 0 Å². The van der Waals surface area contributed by atoms with Crippen LogP contribution >= 0.6 is 23.2 Å². The van der Waals surface area contributed by atoms with Crippen LogP contribution in [0.2, 0.25) is 10.0 Å². The van der Waals surface area contributed by atoms with Gasteiger partial charge in [0, 0.05) is 10.0 Å². The van der Waals surface area contributed by atoms with Crippen LogP contribution in [-0.2, 0) is 10.3 Å². The van der Waals surface area contributed by atoms with Gasteiger partial charge in [-0.1, -0.05) is 47.5 Å². The number of hydrogen-bond acceptors (Lipinski definition) is 2. The van der Waals surface area contributed by atoms with Crippen molar-refractivity contribution in [3.8, 4) is 0 Å². The zero-order valence-corrected chi connectivity index (χ0v) is 16.0. The van der Waals surface area contributed by atoms with Gasteiger partial charge in [0.1, 0.15) is 31.8 Å². The van der Waals surface area contributed by atoms with Crippen molar-refractivity contribution in [2.75, 3.05) is 19.6 Å². The van der Waals surface area contributed by atoms with Crippen LogP contribution in [0.5, 0.6) is 0 Å². The fraction of sp³-hybridized carbons (Fsp3) is 0.400. The Balaban J connectivity index is 1.96. The van der Waals surface area contributed by atoms with E-state index in [2.05, 4.69) is 13.8 Å². The maximum absolute atomic E-state index is 11.7. The summed E-state index contributed by atoms with van der Waals surface area (Å²) in [5, 5.41) is 13.0. The van der Waals surface area contributed by atoms with Gasteiger partial charge >= 0.3 is 0 Å². The van der Waals surface area contributed by atoms with Crippen molar-refractivity contribution in [2.24, 2.45) is 0 Å². The maximum atomic E-state index is 11.7. The third-order valence-corrected chi connectivity index (χ3v) is 5.27. The van der Waals surface area contributed by atoms with Crippen molar-refractivity contribution in [3.63, 3.8) is 0 Å². The normalized spacial score (nSPS) is 24.3. The Morgan fingerprint density at radius 2 is 1.32 bits per heavy atom. The van der Waals surface area contributed by atoms with Crippen LogP contribution in [-0.4, -0.2) is 36.9 Å². The molecule has 25 heavy (non-hydrogen) atoms. The molecule has 1 aliphatic heterocycles. The van der Waals surface area contributed by atoms with Gasteiger partial charge in [-0.25, -0.2) is 0 Å². The molecule has 134 valence electrons. The molecule has 2 atom stereocenters. The number of hydrogen-bond donors (Lipinski definition) is 2. The molecular weight excluding hydrogens is 357 g/mol. The van der Waals surface area contributed by atoms with Crippen molar-refractivity contribution in [2.45, 2.75) is 31.7 Å². The topological polar surface area (TPSA) is 33.9 Å². The van der Waals surface area contributed by atoms with Crippen molar-refractivity contribution in [3.05, 3.63) is 69.7 Å². The molecule has 0 bridgehead atoms. The molecule has 1 fully saturated rings. The molecule has 0 radical (unpaired) electrons. The molecule has 3 nitrogen and oxygen atoms in total. The van der Waals surface area contributed by atoms with E-state index in [0.717, 1.165) is 24.2 Å². The van der Waals surface area contributed by atoms with E-state index < -0.39 is 5.60 Å².